The van der Waals surface area contributed by atoms with E-state index in [9.17, 15) is 13.6 Å². The summed E-state index contributed by atoms with van der Waals surface area (Å²) in [4.78, 5) is 10.6. The average molecular weight is 249 g/mol. The maximum atomic E-state index is 12.4. The van der Waals surface area contributed by atoms with Gasteiger partial charge < -0.3 is 5.11 Å². The molecule has 16 heavy (non-hydrogen) atoms. The zero-order valence-electron chi connectivity index (χ0n) is 8.58. The summed E-state index contributed by atoms with van der Waals surface area (Å²) in [6.07, 6.45) is -2.43. The molecule has 5 heteroatoms. The quantitative estimate of drug-likeness (QED) is 0.885. The summed E-state index contributed by atoms with van der Waals surface area (Å²) < 4.78 is 24.8. The summed E-state index contributed by atoms with van der Waals surface area (Å²) in [5.74, 6) is -1.62. The van der Waals surface area contributed by atoms with Crippen molar-refractivity contribution < 1.29 is 18.7 Å². The third-order valence-corrected chi connectivity index (χ3v) is 2.64. The molecule has 0 aliphatic carbocycles. The topological polar surface area (TPSA) is 37.3 Å². The fourth-order valence-electron chi connectivity index (χ4n) is 1.30. The summed E-state index contributed by atoms with van der Waals surface area (Å²) >= 11 is 5.81. The van der Waals surface area contributed by atoms with Gasteiger partial charge >= 0.3 is 5.97 Å². The van der Waals surface area contributed by atoms with E-state index in [4.69, 9.17) is 16.7 Å². The summed E-state index contributed by atoms with van der Waals surface area (Å²) in [5, 5.41) is 9.04. The highest BCUT2D eigenvalue weighted by atomic mass is 35.5. The highest BCUT2D eigenvalue weighted by molar-refractivity contribution is 6.31. The van der Waals surface area contributed by atoms with Gasteiger partial charge in [-0.15, -0.1) is 0 Å². The molecule has 0 fully saturated rings. The zero-order valence-corrected chi connectivity index (χ0v) is 9.34. The molecule has 0 bridgehead atoms. The number of carbonyl (C=O) groups is 1. The van der Waals surface area contributed by atoms with E-state index in [1.54, 1.807) is 0 Å². The smallest absolute Gasteiger partial charge is 0.306 e. The summed E-state index contributed by atoms with van der Waals surface area (Å²) in [7, 11) is 0. The fourth-order valence-corrected chi connectivity index (χ4v) is 1.50. The summed E-state index contributed by atoms with van der Waals surface area (Å²) in [5.41, 5.74) is 0.298. The first-order chi connectivity index (χ1) is 7.41. The van der Waals surface area contributed by atoms with E-state index in [-0.39, 0.29) is 12.0 Å². The Bertz CT molecular complexity index is 394. The van der Waals surface area contributed by atoms with Crippen molar-refractivity contribution in [3.8, 4) is 0 Å². The predicted octanol–water partition coefficient (Wildman–Crippen LogP) is 3.54. The van der Waals surface area contributed by atoms with Crippen molar-refractivity contribution in [1.82, 2.24) is 0 Å². The standard InChI is InChI=1S/C11H11ClF2O2/c1-6(11(15)16)4-8-5-7(10(13)14)2-3-9(8)12/h2-3,5-6,10H,4H2,1H3,(H,15,16). The van der Waals surface area contributed by atoms with E-state index >= 15 is 0 Å². The Morgan fingerprint density at radius 3 is 2.62 bits per heavy atom. The number of carboxylic acid groups (broad SMARTS) is 1. The Hall–Kier alpha value is -1.16. The number of aliphatic carboxylic acids is 1. The molecule has 0 amide bonds. The summed E-state index contributed by atoms with van der Waals surface area (Å²) in [6.45, 7) is 1.51. The maximum absolute atomic E-state index is 12.4. The number of alkyl halides is 2. The highest BCUT2D eigenvalue weighted by Crippen LogP contribution is 2.26. The number of rotatable bonds is 4. The largest absolute Gasteiger partial charge is 0.481 e. The van der Waals surface area contributed by atoms with Crippen molar-refractivity contribution in [1.29, 1.82) is 0 Å². The molecule has 2 nitrogen and oxygen atoms in total. The molecular formula is C11H11ClF2O2. The van der Waals surface area contributed by atoms with Crippen molar-refractivity contribution in [2.75, 3.05) is 0 Å². The van der Waals surface area contributed by atoms with Crippen LogP contribution in [-0.2, 0) is 11.2 Å². The third kappa shape index (κ3) is 3.17. The normalized spacial score (nSPS) is 12.8. The van der Waals surface area contributed by atoms with E-state index in [0.29, 0.717) is 10.6 Å². The first kappa shape index (κ1) is 12.9. The lowest BCUT2D eigenvalue weighted by molar-refractivity contribution is -0.141. The first-order valence-corrected chi connectivity index (χ1v) is 5.09. The number of benzene rings is 1. The van der Waals surface area contributed by atoms with Gasteiger partial charge in [-0.1, -0.05) is 24.6 Å². The molecule has 0 heterocycles. The molecule has 1 aromatic carbocycles. The van der Waals surface area contributed by atoms with Crippen molar-refractivity contribution in [2.24, 2.45) is 5.92 Å². The molecule has 88 valence electrons. The molecule has 1 aromatic rings. The van der Waals surface area contributed by atoms with Gasteiger partial charge in [-0.2, -0.15) is 0 Å². The van der Waals surface area contributed by atoms with Crippen molar-refractivity contribution >= 4 is 17.6 Å². The van der Waals surface area contributed by atoms with Crippen LogP contribution in [0.25, 0.3) is 0 Å². The maximum Gasteiger partial charge on any atom is 0.306 e. The molecular weight excluding hydrogens is 238 g/mol. The van der Waals surface area contributed by atoms with Crippen molar-refractivity contribution in [2.45, 2.75) is 19.8 Å². The van der Waals surface area contributed by atoms with Gasteiger partial charge in [-0.3, -0.25) is 4.79 Å². The Balaban J connectivity index is 2.94. The third-order valence-electron chi connectivity index (χ3n) is 2.27. The lowest BCUT2D eigenvalue weighted by atomic mass is 9.99. The van der Waals surface area contributed by atoms with Crippen LogP contribution in [0.2, 0.25) is 5.02 Å². The molecule has 0 saturated carbocycles. The fraction of sp³-hybridized carbons (Fsp3) is 0.364. The minimum atomic E-state index is -2.57. The van der Waals surface area contributed by atoms with Gasteiger partial charge in [0.1, 0.15) is 0 Å². The van der Waals surface area contributed by atoms with Crippen LogP contribution < -0.4 is 0 Å². The van der Waals surface area contributed by atoms with Gasteiger partial charge in [0.2, 0.25) is 0 Å². The summed E-state index contributed by atoms with van der Waals surface area (Å²) in [6, 6.07) is 3.86. The van der Waals surface area contributed by atoms with Gasteiger partial charge in [0.05, 0.1) is 5.92 Å². The molecule has 0 aromatic heterocycles. The van der Waals surface area contributed by atoms with E-state index in [1.807, 2.05) is 0 Å². The second-order valence-electron chi connectivity index (χ2n) is 3.59. The van der Waals surface area contributed by atoms with E-state index in [2.05, 4.69) is 0 Å². The molecule has 0 radical (unpaired) electrons. The first-order valence-electron chi connectivity index (χ1n) is 4.71. The van der Waals surface area contributed by atoms with Gasteiger partial charge in [0.25, 0.3) is 6.43 Å². The van der Waals surface area contributed by atoms with E-state index in [0.717, 1.165) is 0 Å². The second kappa shape index (κ2) is 5.25. The Morgan fingerprint density at radius 1 is 1.50 bits per heavy atom. The minimum absolute atomic E-state index is 0.142. The van der Waals surface area contributed by atoms with Crippen LogP contribution in [0.4, 0.5) is 8.78 Å². The van der Waals surface area contributed by atoms with Gasteiger partial charge in [0.15, 0.2) is 0 Å². The van der Waals surface area contributed by atoms with Crippen LogP contribution in [0.3, 0.4) is 0 Å². The van der Waals surface area contributed by atoms with Crippen molar-refractivity contribution in [3.05, 3.63) is 34.3 Å². The lowest BCUT2D eigenvalue weighted by Gasteiger charge is -2.10. The Kier molecular flexibility index (Phi) is 4.24. The second-order valence-corrected chi connectivity index (χ2v) is 4.00. The molecule has 0 saturated heterocycles. The number of hydrogen-bond acceptors (Lipinski definition) is 1. The molecule has 1 unspecified atom stereocenters. The van der Waals surface area contributed by atoms with Gasteiger partial charge in [-0.25, -0.2) is 8.78 Å². The van der Waals surface area contributed by atoms with E-state index in [1.165, 1.54) is 25.1 Å². The molecule has 1 rings (SSSR count). The lowest BCUT2D eigenvalue weighted by Crippen LogP contribution is -2.12. The zero-order chi connectivity index (χ0) is 12.3. The number of hydrogen-bond donors (Lipinski definition) is 1. The van der Waals surface area contributed by atoms with Gasteiger partial charge in [-0.05, 0) is 24.1 Å². The van der Waals surface area contributed by atoms with Crippen LogP contribution in [-0.4, -0.2) is 11.1 Å². The van der Waals surface area contributed by atoms with Crippen LogP contribution in [0.15, 0.2) is 18.2 Å². The highest BCUT2D eigenvalue weighted by Gasteiger charge is 2.15. The van der Waals surface area contributed by atoms with E-state index < -0.39 is 18.3 Å². The van der Waals surface area contributed by atoms with Crippen LogP contribution in [0.1, 0.15) is 24.5 Å². The number of carboxylic acids is 1. The van der Waals surface area contributed by atoms with Gasteiger partial charge in [0, 0.05) is 10.6 Å². The molecule has 1 N–H and O–H groups in total. The number of halogens is 3. The molecule has 0 aliphatic rings. The Labute approximate surface area is 96.8 Å². The van der Waals surface area contributed by atoms with Crippen LogP contribution >= 0.6 is 11.6 Å². The van der Waals surface area contributed by atoms with Crippen LogP contribution in [0.5, 0.6) is 0 Å². The average Bonchev–Trinajstić information content (AvgIpc) is 2.20. The van der Waals surface area contributed by atoms with Crippen LogP contribution in [0, 0.1) is 5.92 Å². The predicted molar refractivity (Wildman–Crippen MR) is 56.9 cm³/mol. The molecule has 0 spiro atoms. The molecule has 0 aliphatic heterocycles. The monoisotopic (exact) mass is 248 g/mol. The SMILES string of the molecule is CC(Cc1cc(C(F)F)ccc1Cl)C(=O)O. The Morgan fingerprint density at radius 2 is 2.12 bits per heavy atom. The minimum Gasteiger partial charge on any atom is -0.481 e. The van der Waals surface area contributed by atoms with Crippen molar-refractivity contribution in [3.63, 3.8) is 0 Å². The molecule has 1 atom stereocenters.